The maximum absolute atomic E-state index is 0. The molecule has 0 aromatic heterocycles. The Labute approximate surface area is 102 Å². The predicted octanol–water partition coefficient (Wildman–Crippen LogP) is -1.78. The molecule has 0 spiro atoms. The van der Waals surface area contributed by atoms with Crippen LogP contribution in [0.2, 0.25) is 0 Å². The summed E-state index contributed by atoms with van der Waals surface area (Å²) in [5, 5.41) is 0. The topological polar surface area (TPSA) is 0 Å². The summed E-state index contributed by atoms with van der Waals surface area (Å²) in [5.41, 5.74) is 0. The van der Waals surface area contributed by atoms with Crippen molar-refractivity contribution >= 4 is 65.7 Å². The van der Waals surface area contributed by atoms with E-state index in [0.717, 1.165) is 0 Å². The summed E-state index contributed by atoms with van der Waals surface area (Å²) in [7, 11) is 0. The molecule has 0 rings (SSSR count). The summed E-state index contributed by atoms with van der Waals surface area (Å²) in [6.45, 7) is 0. The van der Waals surface area contributed by atoms with Gasteiger partial charge in [-0.3, -0.25) is 0 Å². The molecule has 5 heavy (non-hydrogen) atoms. The van der Waals surface area contributed by atoms with Crippen molar-refractivity contribution in [1.29, 1.82) is 0 Å². The molecule has 0 saturated heterocycles. The summed E-state index contributed by atoms with van der Waals surface area (Å²) in [6, 6.07) is 0. The van der Waals surface area contributed by atoms with Crippen LogP contribution in [-0.4, -0.2) is 55.8 Å². The van der Waals surface area contributed by atoms with Gasteiger partial charge < -0.3 is 0 Å². The van der Waals surface area contributed by atoms with E-state index in [1.165, 1.54) is 0 Å². The van der Waals surface area contributed by atoms with Crippen LogP contribution in [0.5, 0.6) is 0 Å². The predicted molar refractivity (Wildman–Crippen MR) is 28.2 cm³/mol. The van der Waals surface area contributed by atoms with Crippen molar-refractivity contribution in [3.63, 3.8) is 0 Å². The van der Waals surface area contributed by atoms with E-state index in [9.17, 15) is 0 Å². The van der Waals surface area contributed by atoms with Gasteiger partial charge in [-0.25, -0.2) is 0 Å². The van der Waals surface area contributed by atoms with Gasteiger partial charge in [0.25, 0.3) is 0 Å². The fraction of sp³-hybridized carbons (Fsp3) is 0. The third-order valence-electron chi connectivity index (χ3n) is 0. The van der Waals surface area contributed by atoms with Gasteiger partial charge in [0.15, 0.2) is 0 Å². The number of rotatable bonds is 0. The fourth-order valence-electron chi connectivity index (χ4n) is 0. The van der Waals surface area contributed by atoms with E-state index in [1.54, 1.807) is 0 Å². The van der Waals surface area contributed by atoms with Gasteiger partial charge in [0.1, 0.15) is 0 Å². The van der Waals surface area contributed by atoms with Gasteiger partial charge in [-0.15, -0.1) is 0 Å². The van der Waals surface area contributed by atoms with E-state index < -0.39 is 0 Å². The van der Waals surface area contributed by atoms with Crippen LogP contribution in [0.25, 0.3) is 0 Å². The first-order valence-electron chi connectivity index (χ1n) is 0. The molecule has 0 amide bonds. The van der Waals surface area contributed by atoms with Crippen molar-refractivity contribution < 1.29 is 38.1 Å². The zero-order valence-corrected chi connectivity index (χ0v) is 12.2. The number of hydrogen-bond acceptors (Lipinski definition) is 0. The molecule has 0 fully saturated rings. The third kappa shape index (κ3) is 18.5. The molecule has 0 N–H and O–H groups in total. The van der Waals surface area contributed by atoms with Crippen LogP contribution in [0.15, 0.2) is 0 Å². The van der Waals surface area contributed by atoms with E-state index in [-0.39, 0.29) is 104 Å². The Morgan fingerprint density at radius 3 is 1.00 bits per heavy atom. The van der Waals surface area contributed by atoms with E-state index in [0.29, 0.717) is 0 Å². The van der Waals surface area contributed by atoms with Crippen molar-refractivity contribution in [1.82, 2.24) is 0 Å². The Bertz CT molecular complexity index is 11.6. The zero-order chi connectivity index (χ0) is 0. The second-order valence-corrected chi connectivity index (χ2v) is 0. The summed E-state index contributed by atoms with van der Waals surface area (Å²) in [5.74, 6) is 0. The monoisotopic (exact) mass is 424 g/mol. The molecule has 0 heterocycles. The van der Waals surface area contributed by atoms with Crippen molar-refractivity contribution in [3.05, 3.63) is 0 Å². The summed E-state index contributed by atoms with van der Waals surface area (Å²) >= 11 is 0. The SMILES string of the molecule is P.[BiH3].[Fe].[Mo].[NaH]. The van der Waals surface area contributed by atoms with Gasteiger partial charge in [0.2, 0.25) is 0 Å². The molecule has 0 radical (unpaired) electrons. The molecule has 0 aliphatic heterocycles. The van der Waals surface area contributed by atoms with Gasteiger partial charge in [0.05, 0.1) is 0 Å². The minimum absolute atomic E-state index is 0. The molecule has 5 heteroatoms. The van der Waals surface area contributed by atoms with Crippen molar-refractivity contribution in [2.24, 2.45) is 0 Å². The summed E-state index contributed by atoms with van der Waals surface area (Å²) in [6.07, 6.45) is 0. The van der Waals surface area contributed by atoms with Crippen LogP contribution in [0.3, 0.4) is 0 Å². The molecule has 0 aromatic rings. The van der Waals surface area contributed by atoms with E-state index in [2.05, 4.69) is 0 Å². The van der Waals surface area contributed by atoms with Crippen molar-refractivity contribution in [3.8, 4) is 0 Å². The Balaban J connectivity index is 0. The first-order valence-corrected chi connectivity index (χ1v) is 0. The average molecular weight is 422 g/mol. The molecular formula is H7BiFeMoNaP. The van der Waals surface area contributed by atoms with Crippen LogP contribution in [-0.2, 0) is 38.1 Å². The van der Waals surface area contributed by atoms with Crippen LogP contribution in [0.1, 0.15) is 0 Å². The summed E-state index contributed by atoms with van der Waals surface area (Å²) in [4.78, 5) is 0. The third-order valence-corrected chi connectivity index (χ3v) is 0. The van der Waals surface area contributed by atoms with Crippen molar-refractivity contribution in [2.45, 2.75) is 0 Å². The van der Waals surface area contributed by atoms with Crippen LogP contribution >= 0.6 is 9.90 Å². The Morgan fingerprint density at radius 1 is 1.00 bits per heavy atom. The maximum atomic E-state index is 0. The van der Waals surface area contributed by atoms with Crippen LogP contribution in [0, 0.1) is 0 Å². The first-order chi connectivity index (χ1) is 0. The van der Waals surface area contributed by atoms with E-state index in [4.69, 9.17) is 0 Å². The van der Waals surface area contributed by atoms with Gasteiger partial charge >= 0.3 is 55.8 Å². The standard InChI is InChI=1S/Bi.Fe.Mo.Na.H3P.4H/h;;;;1H3;;;;. The van der Waals surface area contributed by atoms with Gasteiger partial charge in [-0.05, 0) is 0 Å². The Morgan fingerprint density at radius 2 is 1.00 bits per heavy atom. The second-order valence-electron chi connectivity index (χ2n) is 0. The van der Waals surface area contributed by atoms with Gasteiger partial charge in [-0.2, -0.15) is 9.90 Å². The average Bonchev–Trinajstić information content (AvgIpc) is 0. The molecule has 0 aliphatic carbocycles. The number of hydrogen-bond donors (Lipinski definition) is 0. The molecule has 0 nitrogen and oxygen atoms in total. The van der Waals surface area contributed by atoms with Crippen molar-refractivity contribution in [2.75, 3.05) is 0 Å². The minimum atomic E-state index is 0. The molecule has 1 unspecified atom stereocenters. The quantitative estimate of drug-likeness (QED) is 0.321. The molecule has 0 bridgehead atoms. The first kappa shape index (κ1) is 38.9. The molecule has 0 aromatic carbocycles. The molecule has 1 atom stereocenters. The fourth-order valence-corrected chi connectivity index (χ4v) is 0. The summed E-state index contributed by atoms with van der Waals surface area (Å²) < 4.78 is 0. The second kappa shape index (κ2) is 25.8. The molecule has 32 valence electrons. The van der Waals surface area contributed by atoms with Crippen LogP contribution < -0.4 is 0 Å². The van der Waals surface area contributed by atoms with Gasteiger partial charge in [0, 0.05) is 38.1 Å². The van der Waals surface area contributed by atoms with Crippen LogP contribution in [0.4, 0.5) is 0 Å². The molecule has 0 saturated carbocycles. The van der Waals surface area contributed by atoms with E-state index >= 15 is 0 Å². The van der Waals surface area contributed by atoms with E-state index in [1.807, 2.05) is 0 Å². The normalized spacial score (nSPS) is 0. The Hall–Kier alpha value is 3.52. The zero-order valence-electron chi connectivity index (χ0n) is 2.18. The van der Waals surface area contributed by atoms with Gasteiger partial charge in [-0.1, -0.05) is 0 Å². The molecular weight excluding hydrogens is 415 g/mol. The Kier molecular flexibility index (Phi) is 201. The molecule has 0 aliphatic rings.